The van der Waals surface area contributed by atoms with Gasteiger partial charge in [0.05, 0.1) is 0 Å². The Hall–Kier alpha value is -2.35. The average molecular weight is 344 g/mol. The largest absolute Gasteiger partial charge is 0.242 e. The molecule has 0 aliphatic heterocycles. The van der Waals surface area contributed by atoms with E-state index in [0.29, 0.717) is 0 Å². The van der Waals surface area contributed by atoms with Crippen LogP contribution < -0.4 is 16.4 Å². The van der Waals surface area contributed by atoms with E-state index >= 15 is 0 Å². The van der Waals surface area contributed by atoms with Crippen LogP contribution in [0.25, 0.3) is 0 Å². The minimum absolute atomic E-state index is 0.108. The van der Waals surface area contributed by atoms with Crippen molar-refractivity contribution in [2.45, 2.75) is 41.5 Å². The third-order valence-electron chi connectivity index (χ3n) is 5.26. The zero-order valence-electron chi connectivity index (χ0n) is 16.6. The van der Waals surface area contributed by atoms with E-state index in [0.717, 1.165) is 5.46 Å². The quantitative estimate of drug-likeness (QED) is 0.625. The van der Waals surface area contributed by atoms with Gasteiger partial charge < -0.3 is 0 Å². The molecule has 0 bridgehead atoms. The highest BCUT2D eigenvalue weighted by molar-refractivity contribution is 6.96. The number of hydrogen-bond donors (Lipinski definition) is 0. The van der Waals surface area contributed by atoms with Crippen LogP contribution in [0.1, 0.15) is 33.4 Å². The minimum Gasteiger partial charge on any atom is -0.207 e. The Labute approximate surface area is 157 Å². The first kappa shape index (κ1) is 18.4. The molecule has 3 aromatic rings. The van der Waals surface area contributed by atoms with Gasteiger partial charge in [0.2, 0.25) is 6.71 Å². The van der Waals surface area contributed by atoms with Gasteiger partial charge in [-0.2, -0.15) is 0 Å². The summed E-state index contributed by atoms with van der Waals surface area (Å²) in [5.41, 5.74) is 11.5. The maximum atomic E-state index is 13.6. The number of aryl methyl sites for hydroxylation is 6. The molecule has 0 saturated carbocycles. The predicted octanol–water partition coefficient (Wildman–Crippen LogP) is 4.19. The van der Waals surface area contributed by atoms with E-state index in [9.17, 15) is 4.39 Å². The van der Waals surface area contributed by atoms with Crippen LogP contribution in [0.4, 0.5) is 4.39 Å². The lowest BCUT2D eigenvalue weighted by molar-refractivity contribution is 0.628. The monoisotopic (exact) mass is 344 g/mol. The van der Waals surface area contributed by atoms with Crippen molar-refractivity contribution in [3.05, 3.63) is 87.7 Å². The second-order valence-corrected chi connectivity index (χ2v) is 7.61. The van der Waals surface area contributed by atoms with E-state index in [1.165, 1.54) is 44.3 Å². The lowest BCUT2D eigenvalue weighted by atomic mass is 9.34. The summed E-state index contributed by atoms with van der Waals surface area (Å²) in [5, 5.41) is 0. The fourth-order valence-corrected chi connectivity index (χ4v) is 4.43. The number of rotatable bonds is 3. The zero-order valence-corrected chi connectivity index (χ0v) is 16.6. The molecule has 0 nitrogen and oxygen atoms in total. The fraction of sp³-hybridized carbons (Fsp3) is 0.250. The van der Waals surface area contributed by atoms with Gasteiger partial charge in [0.25, 0.3) is 0 Å². The SMILES string of the molecule is Cc1cc(C)c(B(c2ccc(F)cc2)c2c(C)cc(C)cc2C)c(C)c1. The maximum Gasteiger partial charge on any atom is 0.242 e. The van der Waals surface area contributed by atoms with Crippen molar-refractivity contribution in [1.82, 2.24) is 0 Å². The van der Waals surface area contributed by atoms with Crippen molar-refractivity contribution in [2.24, 2.45) is 0 Å². The predicted molar refractivity (Wildman–Crippen MR) is 112 cm³/mol. The molecule has 0 fully saturated rings. The van der Waals surface area contributed by atoms with Crippen molar-refractivity contribution in [2.75, 3.05) is 0 Å². The van der Waals surface area contributed by atoms with Gasteiger partial charge in [-0.25, -0.2) is 4.39 Å². The van der Waals surface area contributed by atoms with Crippen molar-refractivity contribution in [3.8, 4) is 0 Å². The van der Waals surface area contributed by atoms with Crippen LogP contribution in [0.3, 0.4) is 0 Å². The van der Waals surface area contributed by atoms with Crippen LogP contribution in [0.5, 0.6) is 0 Å². The molecule has 0 unspecified atom stereocenters. The van der Waals surface area contributed by atoms with Gasteiger partial charge in [0.1, 0.15) is 5.82 Å². The first-order chi connectivity index (χ1) is 12.3. The summed E-state index contributed by atoms with van der Waals surface area (Å²) in [6, 6.07) is 16.0. The highest BCUT2D eigenvalue weighted by Gasteiger charge is 2.28. The Kier molecular flexibility index (Phi) is 5.04. The normalized spacial score (nSPS) is 10.9. The van der Waals surface area contributed by atoms with Crippen LogP contribution >= 0.6 is 0 Å². The average Bonchev–Trinajstić information content (AvgIpc) is 2.52. The second kappa shape index (κ2) is 7.11. The molecule has 0 amide bonds. The van der Waals surface area contributed by atoms with Crippen LogP contribution in [0.2, 0.25) is 0 Å². The molecule has 26 heavy (non-hydrogen) atoms. The third-order valence-corrected chi connectivity index (χ3v) is 5.26. The van der Waals surface area contributed by atoms with E-state index in [-0.39, 0.29) is 12.5 Å². The number of halogens is 1. The van der Waals surface area contributed by atoms with Gasteiger partial charge in [0, 0.05) is 0 Å². The Balaban J connectivity index is 2.34. The van der Waals surface area contributed by atoms with Crippen molar-refractivity contribution in [3.63, 3.8) is 0 Å². The smallest absolute Gasteiger partial charge is 0.207 e. The highest BCUT2D eigenvalue weighted by atomic mass is 19.1. The summed E-state index contributed by atoms with van der Waals surface area (Å²) in [5.74, 6) is -0.192. The molecule has 132 valence electrons. The zero-order chi connectivity index (χ0) is 19.0. The van der Waals surface area contributed by atoms with E-state index in [2.05, 4.69) is 65.8 Å². The Morgan fingerprint density at radius 2 is 0.923 bits per heavy atom. The Bertz CT molecular complexity index is 851. The lowest BCUT2D eigenvalue weighted by Gasteiger charge is -2.24. The lowest BCUT2D eigenvalue weighted by Crippen LogP contribution is -2.55. The number of benzene rings is 3. The summed E-state index contributed by atoms with van der Waals surface area (Å²) in [7, 11) is 0. The van der Waals surface area contributed by atoms with E-state index in [1.807, 2.05) is 12.1 Å². The Morgan fingerprint density at radius 1 is 0.577 bits per heavy atom. The summed E-state index contributed by atoms with van der Waals surface area (Å²) in [4.78, 5) is 0. The molecule has 0 heterocycles. The van der Waals surface area contributed by atoms with Gasteiger partial charge in [-0.15, -0.1) is 0 Å². The van der Waals surface area contributed by atoms with Crippen LogP contribution in [0.15, 0.2) is 48.5 Å². The summed E-state index contributed by atoms with van der Waals surface area (Å²) in [6.45, 7) is 13.1. The van der Waals surface area contributed by atoms with Crippen LogP contribution in [-0.4, -0.2) is 6.71 Å². The highest BCUT2D eigenvalue weighted by Crippen LogP contribution is 2.13. The minimum atomic E-state index is -0.192. The molecule has 0 radical (unpaired) electrons. The molecule has 0 aromatic heterocycles. The first-order valence-corrected chi connectivity index (χ1v) is 9.19. The van der Waals surface area contributed by atoms with Crippen LogP contribution in [-0.2, 0) is 0 Å². The fourth-order valence-electron chi connectivity index (χ4n) is 4.43. The molecular weight excluding hydrogens is 318 g/mol. The standard InChI is InChI=1S/C24H26BF/c1-15-11-17(3)23(18(4)12-15)25(21-7-9-22(26)10-8-21)24-19(5)13-16(2)14-20(24)6/h7-14H,1-6H3. The number of hydrogen-bond acceptors (Lipinski definition) is 0. The second-order valence-electron chi connectivity index (χ2n) is 7.61. The van der Waals surface area contributed by atoms with Gasteiger partial charge in [-0.1, -0.05) is 86.2 Å². The van der Waals surface area contributed by atoms with Gasteiger partial charge in [0.15, 0.2) is 0 Å². The summed E-state index contributed by atoms with van der Waals surface area (Å²) >= 11 is 0. The maximum absolute atomic E-state index is 13.6. The molecular formula is C24H26BF. The molecule has 0 atom stereocenters. The molecule has 3 rings (SSSR count). The Morgan fingerprint density at radius 3 is 1.27 bits per heavy atom. The van der Waals surface area contributed by atoms with Crippen molar-refractivity contribution >= 4 is 23.1 Å². The summed E-state index contributed by atoms with van der Waals surface area (Å²) < 4.78 is 13.6. The van der Waals surface area contributed by atoms with Gasteiger partial charge >= 0.3 is 0 Å². The molecule has 0 saturated heterocycles. The molecule has 0 aliphatic rings. The molecule has 3 aromatic carbocycles. The van der Waals surface area contributed by atoms with Crippen molar-refractivity contribution < 1.29 is 4.39 Å². The molecule has 0 spiro atoms. The van der Waals surface area contributed by atoms with Crippen molar-refractivity contribution in [1.29, 1.82) is 0 Å². The molecule has 0 N–H and O–H groups in total. The topological polar surface area (TPSA) is 0 Å². The summed E-state index contributed by atoms with van der Waals surface area (Å²) in [6.07, 6.45) is 0. The molecule has 0 aliphatic carbocycles. The van der Waals surface area contributed by atoms with Crippen LogP contribution in [0, 0.1) is 47.4 Å². The third kappa shape index (κ3) is 3.46. The van der Waals surface area contributed by atoms with E-state index < -0.39 is 0 Å². The van der Waals surface area contributed by atoms with E-state index in [4.69, 9.17) is 0 Å². The van der Waals surface area contributed by atoms with Gasteiger partial charge in [-0.05, 0) is 53.7 Å². The molecule has 2 heteroatoms. The van der Waals surface area contributed by atoms with Gasteiger partial charge in [-0.3, -0.25) is 0 Å². The van der Waals surface area contributed by atoms with E-state index in [1.54, 1.807) is 12.1 Å². The first-order valence-electron chi connectivity index (χ1n) is 9.19.